The number of rotatable bonds is 8. The van der Waals surface area contributed by atoms with Crippen LogP contribution in [0.1, 0.15) is 39.0 Å². The number of carbonyl (C=O) groups excluding carboxylic acids is 1. The quantitative estimate of drug-likeness (QED) is 0.611. The Kier molecular flexibility index (Phi) is 7.17. The second-order valence-electron chi connectivity index (χ2n) is 4.23. The van der Waals surface area contributed by atoms with Gasteiger partial charge in [0.2, 0.25) is 5.91 Å². The molecule has 0 aromatic rings. The Labute approximate surface area is 98.1 Å². The van der Waals surface area contributed by atoms with Gasteiger partial charge in [-0.1, -0.05) is 0 Å². The summed E-state index contributed by atoms with van der Waals surface area (Å²) in [5, 5.41) is 6.37. The van der Waals surface area contributed by atoms with E-state index in [-0.39, 0.29) is 5.91 Å². The van der Waals surface area contributed by atoms with Crippen LogP contribution >= 0.6 is 0 Å². The number of nitrogens with one attached hydrogen (secondary N) is 2. The molecule has 1 rings (SSSR count). The van der Waals surface area contributed by atoms with Crippen LogP contribution in [0.2, 0.25) is 0 Å². The van der Waals surface area contributed by atoms with Gasteiger partial charge in [-0.2, -0.15) is 0 Å². The SMILES string of the molecule is CCOCCCC(=O)NCC[C@@H]1CCCN1. The van der Waals surface area contributed by atoms with Gasteiger partial charge in [-0.05, 0) is 39.2 Å². The first kappa shape index (κ1) is 13.5. The largest absolute Gasteiger partial charge is 0.382 e. The third-order valence-corrected chi connectivity index (χ3v) is 2.87. The highest BCUT2D eigenvalue weighted by atomic mass is 16.5. The first-order chi connectivity index (χ1) is 7.83. The molecule has 0 spiro atoms. The molecule has 1 heterocycles. The van der Waals surface area contributed by atoms with Gasteiger partial charge < -0.3 is 15.4 Å². The topological polar surface area (TPSA) is 50.4 Å². The van der Waals surface area contributed by atoms with E-state index in [1.54, 1.807) is 0 Å². The summed E-state index contributed by atoms with van der Waals surface area (Å²) in [5.41, 5.74) is 0. The molecule has 1 fully saturated rings. The van der Waals surface area contributed by atoms with Crippen LogP contribution in [0.4, 0.5) is 0 Å². The number of hydrogen-bond acceptors (Lipinski definition) is 3. The third-order valence-electron chi connectivity index (χ3n) is 2.87. The molecule has 1 aliphatic rings. The molecular weight excluding hydrogens is 204 g/mol. The van der Waals surface area contributed by atoms with E-state index in [0.717, 1.165) is 32.5 Å². The zero-order valence-corrected chi connectivity index (χ0v) is 10.3. The van der Waals surface area contributed by atoms with Crippen LogP contribution in [-0.4, -0.2) is 38.3 Å². The van der Waals surface area contributed by atoms with Gasteiger partial charge in [0.05, 0.1) is 0 Å². The number of amides is 1. The van der Waals surface area contributed by atoms with Crippen molar-refractivity contribution in [2.45, 2.75) is 45.1 Å². The van der Waals surface area contributed by atoms with E-state index in [1.165, 1.54) is 12.8 Å². The van der Waals surface area contributed by atoms with Crippen molar-refractivity contribution < 1.29 is 9.53 Å². The molecule has 2 N–H and O–H groups in total. The number of carbonyl (C=O) groups is 1. The van der Waals surface area contributed by atoms with Gasteiger partial charge in [0, 0.05) is 32.2 Å². The Hall–Kier alpha value is -0.610. The molecule has 0 aromatic carbocycles. The maximum atomic E-state index is 11.4. The molecule has 1 aliphatic heterocycles. The van der Waals surface area contributed by atoms with E-state index in [2.05, 4.69) is 10.6 Å². The Bertz CT molecular complexity index is 191. The Morgan fingerprint density at radius 1 is 1.56 bits per heavy atom. The Morgan fingerprint density at radius 2 is 2.44 bits per heavy atom. The maximum Gasteiger partial charge on any atom is 0.220 e. The summed E-state index contributed by atoms with van der Waals surface area (Å²) in [6.45, 7) is 5.32. The average molecular weight is 228 g/mol. The minimum Gasteiger partial charge on any atom is -0.382 e. The lowest BCUT2D eigenvalue weighted by Gasteiger charge is -2.10. The molecular formula is C12H24N2O2. The highest BCUT2D eigenvalue weighted by Gasteiger charge is 2.13. The molecule has 1 amide bonds. The third kappa shape index (κ3) is 6.08. The standard InChI is InChI=1S/C12H24N2O2/c1-2-16-10-4-6-12(15)14-9-7-11-5-3-8-13-11/h11,13H,2-10H2,1H3,(H,14,15)/t11-/m0/s1. The monoisotopic (exact) mass is 228 g/mol. The summed E-state index contributed by atoms with van der Waals surface area (Å²) in [6.07, 6.45) is 4.98. The van der Waals surface area contributed by atoms with Crippen LogP contribution in [-0.2, 0) is 9.53 Å². The molecule has 0 saturated carbocycles. The van der Waals surface area contributed by atoms with Gasteiger partial charge in [-0.3, -0.25) is 4.79 Å². The van der Waals surface area contributed by atoms with Gasteiger partial charge in [-0.25, -0.2) is 0 Å². The van der Waals surface area contributed by atoms with Crippen molar-refractivity contribution in [1.82, 2.24) is 10.6 Å². The van der Waals surface area contributed by atoms with Crippen molar-refractivity contribution in [3.63, 3.8) is 0 Å². The van der Waals surface area contributed by atoms with Crippen LogP contribution in [0.15, 0.2) is 0 Å². The highest BCUT2D eigenvalue weighted by molar-refractivity contribution is 5.75. The summed E-state index contributed by atoms with van der Waals surface area (Å²) in [4.78, 5) is 11.4. The van der Waals surface area contributed by atoms with E-state index in [4.69, 9.17) is 4.74 Å². The lowest BCUT2D eigenvalue weighted by molar-refractivity contribution is -0.121. The summed E-state index contributed by atoms with van der Waals surface area (Å²) in [5.74, 6) is 0.151. The molecule has 0 unspecified atom stereocenters. The highest BCUT2D eigenvalue weighted by Crippen LogP contribution is 2.07. The van der Waals surface area contributed by atoms with Crippen molar-refractivity contribution in [2.75, 3.05) is 26.3 Å². The van der Waals surface area contributed by atoms with E-state index < -0.39 is 0 Å². The number of ether oxygens (including phenoxy) is 1. The summed E-state index contributed by atoms with van der Waals surface area (Å²) in [7, 11) is 0. The van der Waals surface area contributed by atoms with Gasteiger partial charge >= 0.3 is 0 Å². The molecule has 1 atom stereocenters. The van der Waals surface area contributed by atoms with Crippen LogP contribution in [0, 0.1) is 0 Å². The fourth-order valence-electron chi connectivity index (χ4n) is 1.96. The first-order valence-electron chi connectivity index (χ1n) is 6.40. The van der Waals surface area contributed by atoms with Gasteiger partial charge in [0.25, 0.3) is 0 Å². The lowest BCUT2D eigenvalue weighted by Crippen LogP contribution is -2.30. The summed E-state index contributed by atoms with van der Waals surface area (Å²) < 4.78 is 5.18. The minimum atomic E-state index is 0.151. The zero-order chi connectivity index (χ0) is 11.6. The molecule has 0 radical (unpaired) electrons. The van der Waals surface area contributed by atoms with Crippen molar-refractivity contribution in [3.05, 3.63) is 0 Å². The van der Waals surface area contributed by atoms with E-state index in [9.17, 15) is 4.79 Å². The first-order valence-corrected chi connectivity index (χ1v) is 6.40. The van der Waals surface area contributed by atoms with E-state index >= 15 is 0 Å². The molecule has 4 nitrogen and oxygen atoms in total. The second kappa shape index (κ2) is 8.53. The smallest absolute Gasteiger partial charge is 0.220 e. The van der Waals surface area contributed by atoms with Crippen molar-refractivity contribution in [2.24, 2.45) is 0 Å². The summed E-state index contributed by atoms with van der Waals surface area (Å²) in [6, 6.07) is 0.615. The molecule has 16 heavy (non-hydrogen) atoms. The molecule has 0 bridgehead atoms. The van der Waals surface area contributed by atoms with Crippen molar-refractivity contribution >= 4 is 5.91 Å². The second-order valence-corrected chi connectivity index (χ2v) is 4.23. The van der Waals surface area contributed by atoms with E-state index in [0.29, 0.717) is 19.1 Å². The van der Waals surface area contributed by atoms with Crippen molar-refractivity contribution in [1.29, 1.82) is 0 Å². The normalized spacial score (nSPS) is 19.9. The van der Waals surface area contributed by atoms with Gasteiger partial charge in [0.1, 0.15) is 0 Å². The van der Waals surface area contributed by atoms with E-state index in [1.807, 2.05) is 6.92 Å². The predicted octanol–water partition coefficient (Wildman–Crippen LogP) is 1.06. The fourth-order valence-corrected chi connectivity index (χ4v) is 1.96. The van der Waals surface area contributed by atoms with Crippen LogP contribution in [0.25, 0.3) is 0 Å². The van der Waals surface area contributed by atoms with Crippen molar-refractivity contribution in [3.8, 4) is 0 Å². The lowest BCUT2D eigenvalue weighted by atomic mass is 10.1. The zero-order valence-electron chi connectivity index (χ0n) is 10.3. The molecule has 0 aliphatic carbocycles. The molecule has 0 aromatic heterocycles. The van der Waals surface area contributed by atoms with Crippen LogP contribution in [0.5, 0.6) is 0 Å². The van der Waals surface area contributed by atoms with Crippen LogP contribution in [0.3, 0.4) is 0 Å². The number of hydrogen-bond donors (Lipinski definition) is 2. The predicted molar refractivity (Wildman–Crippen MR) is 64.4 cm³/mol. The fraction of sp³-hybridized carbons (Fsp3) is 0.917. The molecule has 94 valence electrons. The van der Waals surface area contributed by atoms with Gasteiger partial charge in [0.15, 0.2) is 0 Å². The maximum absolute atomic E-state index is 11.4. The summed E-state index contributed by atoms with van der Waals surface area (Å²) >= 11 is 0. The Balaban J connectivity index is 1.89. The average Bonchev–Trinajstić information content (AvgIpc) is 2.77. The van der Waals surface area contributed by atoms with Gasteiger partial charge in [-0.15, -0.1) is 0 Å². The molecule has 4 heteroatoms. The Morgan fingerprint density at radius 3 is 3.12 bits per heavy atom. The molecule has 1 saturated heterocycles. The van der Waals surface area contributed by atoms with Crippen LogP contribution < -0.4 is 10.6 Å². The minimum absolute atomic E-state index is 0.151.